The molecule has 0 bridgehead atoms. The zero-order valence-electron chi connectivity index (χ0n) is 19.1. The van der Waals surface area contributed by atoms with Gasteiger partial charge in [0.15, 0.2) is 5.65 Å². The number of esters is 1. The van der Waals surface area contributed by atoms with Gasteiger partial charge in [0.1, 0.15) is 28.8 Å². The van der Waals surface area contributed by atoms with Crippen molar-refractivity contribution in [3.05, 3.63) is 71.5 Å². The minimum Gasteiger partial charge on any atom is -0.497 e. The number of aromatic nitrogens is 4. The summed E-state index contributed by atoms with van der Waals surface area (Å²) in [6.45, 7) is 4.57. The van der Waals surface area contributed by atoms with E-state index in [2.05, 4.69) is 20.4 Å². The van der Waals surface area contributed by atoms with E-state index in [-0.39, 0.29) is 6.61 Å². The van der Waals surface area contributed by atoms with E-state index in [9.17, 15) is 4.79 Å². The number of carbonyl (C=O) groups is 1. The highest BCUT2D eigenvalue weighted by molar-refractivity contribution is 5.96. The Labute approximate surface area is 192 Å². The molecule has 0 aliphatic heterocycles. The van der Waals surface area contributed by atoms with Gasteiger partial charge in [0.2, 0.25) is 0 Å². The zero-order valence-corrected chi connectivity index (χ0v) is 19.1. The van der Waals surface area contributed by atoms with Gasteiger partial charge in [-0.3, -0.25) is 0 Å². The third-order valence-electron chi connectivity index (χ3n) is 5.06. The van der Waals surface area contributed by atoms with E-state index in [0.717, 1.165) is 22.8 Å². The Morgan fingerprint density at radius 1 is 1.12 bits per heavy atom. The molecule has 0 aliphatic rings. The van der Waals surface area contributed by atoms with Crippen LogP contribution in [0.5, 0.6) is 5.75 Å². The second-order valence-corrected chi connectivity index (χ2v) is 7.51. The Kier molecular flexibility index (Phi) is 6.39. The van der Waals surface area contributed by atoms with E-state index in [1.807, 2.05) is 67.4 Å². The van der Waals surface area contributed by atoms with Gasteiger partial charge in [0, 0.05) is 25.4 Å². The maximum Gasteiger partial charge on any atom is 0.343 e. The lowest BCUT2D eigenvalue weighted by atomic mass is 10.2. The molecule has 0 aliphatic carbocycles. The summed E-state index contributed by atoms with van der Waals surface area (Å²) in [5.74, 6) is 2.29. The molecule has 1 N–H and O–H groups in total. The molecular formula is C24H26N6O3. The summed E-state index contributed by atoms with van der Waals surface area (Å²) in [4.78, 5) is 23.7. The average molecular weight is 447 g/mol. The fraction of sp³-hybridized carbons (Fsp3) is 0.250. The van der Waals surface area contributed by atoms with Gasteiger partial charge >= 0.3 is 5.97 Å². The molecule has 3 aromatic heterocycles. The average Bonchev–Trinajstić information content (AvgIpc) is 3.23. The number of anilines is 3. The van der Waals surface area contributed by atoms with Crippen molar-refractivity contribution in [2.75, 3.05) is 31.0 Å². The molecule has 1 aromatic carbocycles. The van der Waals surface area contributed by atoms with Gasteiger partial charge in [-0.25, -0.2) is 14.8 Å². The highest BCUT2D eigenvalue weighted by Gasteiger charge is 2.20. The molecule has 3 heterocycles. The van der Waals surface area contributed by atoms with E-state index in [4.69, 9.17) is 9.47 Å². The van der Waals surface area contributed by atoms with Crippen LogP contribution in [-0.2, 0) is 11.3 Å². The number of aryl methyl sites for hydroxylation is 1. The Bertz CT molecular complexity index is 1270. The van der Waals surface area contributed by atoms with Crippen LogP contribution in [0.2, 0.25) is 0 Å². The lowest BCUT2D eigenvalue weighted by molar-refractivity contribution is 0.0528. The van der Waals surface area contributed by atoms with Crippen molar-refractivity contribution in [1.82, 2.24) is 19.6 Å². The first kappa shape index (κ1) is 22.1. The molecule has 0 atom stereocenters. The second kappa shape index (κ2) is 9.56. The molecular weight excluding hydrogens is 420 g/mol. The Balaban J connectivity index is 1.74. The maximum absolute atomic E-state index is 12.5. The van der Waals surface area contributed by atoms with E-state index in [1.165, 1.54) is 6.20 Å². The number of benzene rings is 1. The Hall–Kier alpha value is -4.14. The van der Waals surface area contributed by atoms with Crippen molar-refractivity contribution in [3.8, 4) is 5.75 Å². The van der Waals surface area contributed by atoms with Crippen molar-refractivity contribution < 1.29 is 14.3 Å². The largest absolute Gasteiger partial charge is 0.497 e. The van der Waals surface area contributed by atoms with Crippen LogP contribution in [0.25, 0.3) is 5.65 Å². The monoisotopic (exact) mass is 446 g/mol. The van der Waals surface area contributed by atoms with Crippen LogP contribution < -0.4 is 15.0 Å². The number of rotatable bonds is 8. The molecule has 0 fully saturated rings. The number of hydrogen-bond acceptors (Lipinski definition) is 8. The number of pyridine rings is 1. The first-order valence-corrected chi connectivity index (χ1v) is 10.6. The smallest absolute Gasteiger partial charge is 0.343 e. The van der Waals surface area contributed by atoms with Crippen molar-refractivity contribution >= 4 is 29.1 Å². The SMILES string of the molecule is CCOC(=O)c1cnn2c(N(C)Cc3ccc(OC)cc3)cc(Nc3cccc(C)n3)nc12. The number of fused-ring (bicyclic) bond motifs is 1. The molecule has 0 saturated carbocycles. The van der Waals surface area contributed by atoms with Gasteiger partial charge < -0.3 is 19.7 Å². The number of methoxy groups -OCH3 is 1. The standard InChI is InChI=1S/C24H26N6O3/c1-5-33-24(31)19-14-25-30-22(29(3)15-17-9-11-18(32-4)12-10-17)13-21(28-23(19)30)27-20-8-6-7-16(2)26-20/h6-14H,5,15H2,1-4H3,(H,26,27,28). The molecule has 33 heavy (non-hydrogen) atoms. The van der Waals surface area contributed by atoms with E-state index in [0.29, 0.717) is 29.4 Å². The Morgan fingerprint density at radius 3 is 2.61 bits per heavy atom. The summed E-state index contributed by atoms with van der Waals surface area (Å²) >= 11 is 0. The van der Waals surface area contributed by atoms with Crippen LogP contribution in [0.1, 0.15) is 28.5 Å². The minimum atomic E-state index is -0.463. The van der Waals surface area contributed by atoms with Crippen LogP contribution in [0, 0.1) is 6.92 Å². The fourth-order valence-corrected chi connectivity index (χ4v) is 3.47. The summed E-state index contributed by atoms with van der Waals surface area (Å²) in [6.07, 6.45) is 1.49. The van der Waals surface area contributed by atoms with Crippen LogP contribution in [0.3, 0.4) is 0 Å². The van der Waals surface area contributed by atoms with Crippen LogP contribution >= 0.6 is 0 Å². The van der Waals surface area contributed by atoms with Crippen molar-refractivity contribution in [2.45, 2.75) is 20.4 Å². The first-order chi connectivity index (χ1) is 16.0. The molecule has 0 radical (unpaired) electrons. The summed E-state index contributed by atoms with van der Waals surface area (Å²) in [5, 5.41) is 7.66. The van der Waals surface area contributed by atoms with E-state index < -0.39 is 5.97 Å². The summed E-state index contributed by atoms with van der Waals surface area (Å²) in [7, 11) is 3.60. The molecule has 170 valence electrons. The number of nitrogens with one attached hydrogen (secondary N) is 1. The highest BCUT2D eigenvalue weighted by atomic mass is 16.5. The number of ether oxygens (including phenoxy) is 2. The van der Waals surface area contributed by atoms with E-state index in [1.54, 1.807) is 18.5 Å². The van der Waals surface area contributed by atoms with E-state index >= 15 is 0 Å². The molecule has 4 rings (SSSR count). The number of hydrogen-bond donors (Lipinski definition) is 1. The molecule has 9 heteroatoms. The third kappa shape index (κ3) is 4.87. The first-order valence-electron chi connectivity index (χ1n) is 10.6. The zero-order chi connectivity index (χ0) is 23.4. The minimum absolute atomic E-state index is 0.269. The lowest BCUT2D eigenvalue weighted by Crippen LogP contribution is -2.20. The third-order valence-corrected chi connectivity index (χ3v) is 5.06. The molecule has 0 amide bonds. The Morgan fingerprint density at radius 2 is 1.91 bits per heavy atom. The van der Waals surface area contributed by atoms with Crippen molar-refractivity contribution in [1.29, 1.82) is 0 Å². The van der Waals surface area contributed by atoms with Crippen LogP contribution in [-0.4, -0.2) is 46.3 Å². The summed E-state index contributed by atoms with van der Waals surface area (Å²) in [6, 6.07) is 15.5. The van der Waals surface area contributed by atoms with Gasteiger partial charge in [0.05, 0.1) is 19.9 Å². The van der Waals surface area contributed by atoms with Gasteiger partial charge in [-0.05, 0) is 43.7 Å². The quantitative estimate of drug-likeness (QED) is 0.406. The molecule has 0 saturated heterocycles. The van der Waals surface area contributed by atoms with Gasteiger partial charge in [-0.15, -0.1) is 0 Å². The summed E-state index contributed by atoms with van der Waals surface area (Å²) in [5.41, 5.74) is 2.69. The topological polar surface area (TPSA) is 93.9 Å². The number of carbonyl (C=O) groups excluding carboxylic acids is 1. The molecule has 0 unspecified atom stereocenters. The van der Waals surface area contributed by atoms with Crippen LogP contribution in [0.4, 0.5) is 17.5 Å². The van der Waals surface area contributed by atoms with Gasteiger partial charge in [0.25, 0.3) is 0 Å². The normalized spacial score (nSPS) is 10.8. The van der Waals surface area contributed by atoms with Gasteiger partial charge in [-0.2, -0.15) is 9.61 Å². The molecule has 9 nitrogen and oxygen atoms in total. The summed E-state index contributed by atoms with van der Waals surface area (Å²) < 4.78 is 12.1. The van der Waals surface area contributed by atoms with Crippen molar-refractivity contribution in [2.24, 2.45) is 0 Å². The second-order valence-electron chi connectivity index (χ2n) is 7.51. The predicted molar refractivity (Wildman–Crippen MR) is 126 cm³/mol. The predicted octanol–water partition coefficient (Wildman–Crippen LogP) is 4.00. The highest BCUT2D eigenvalue weighted by Crippen LogP contribution is 2.25. The van der Waals surface area contributed by atoms with Crippen molar-refractivity contribution in [3.63, 3.8) is 0 Å². The van der Waals surface area contributed by atoms with Crippen LogP contribution in [0.15, 0.2) is 54.7 Å². The fourth-order valence-electron chi connectivity index (χ4n) is 3.47. The lowest BCUT2D eigenvalue weighted by Gasteiger charge is -2.21. The van der Waals surface area contributed by atoms with Gasteiger partial charge in [-0.1, -0.05) is 18.2 Å². The number of nitrogens with zero attached hydrogens (tertiary/aromatic N) is 5. The maximum atomic E-state index is 12.5. The molecule has 0 spiro atoms. The molecule has 4 aromatic rings.